The van der Waals surface area contributed by atoms with E-state index >= 15 is 0 Å². The lowest BCUT2D eigenvalue weighted by Gasteiger charge is -2.31. The minimum Gasteiger partial charge on any atom is -0.351 e. The number of carbonyl (C=O) groups excluding carboxylic acids is 1. The van der Waals surface area contributed by atoms with E-state index in [0.717, 1.165) is 16.9 Å². The zero-order chi connectivity index (χ0) is 19.8. The second-order valence-corrected chi connectivity index (χ2v) is 9.74. The van der Waals surface area contributed by atoms with Gasteiger partial charge in [-0.1, -0.05) is 42.0 Å². The molecule has 1 fully saturated rings. The van der Waals surface area contributed by atoms with Gasteiger partial charge in [0.2, 0.25) is 10.0 Å². The summed E-state index contributed by atoms with van der Waals surface area (Å²) in [5.41, 5.74) is 2.28. The highest BCUT2D eigenvalue weighted by Gasteiger charge is 2.29. The summed E-state index contributed by atoms with van der Waals surface area (Å²) < 4.78 is 26.8. The topological polar surface area (TPSA) is 70.9 Å². The molecule has 0 radical (unpaired) electrons. The van der Waals surface area contributed by atoms with Crippen LogP contribution in [0.4, 0.5) is 0 Å². The van der Waals surface area contributed by atoms with Gasteiger partial charge in [-0.05, 0) is 37.7 Å². The van der Waals surface area contributed by atoms with E-state index < -0.39 is 10.0 Å². The number of benzene rings is 1. The van der Waals surface area contributed by atoms with Crippen molar-refractivity contribution in [3.05, 3.63) is 47.5 Å². The Morgan fingerprint density at radius 3 is 2.54 bits per heavy atom. The maximum atomic E-state index is 12.6. The Morgan fingerprint density at radius 1 is 1.11 bits per heavy atom. The van der Waals surface area contributed by atoms with E-state index in [1.165, 1.54) is 31.3 Å². The fourth-order valence-corrected chi connectivity index (χ4v) is 5.45. The van der Waals surface area contributed by atoms with E-state index in [9.17, 15) is 13.2 Å². The first-order chi connectivity index (χ1) is 13.5. The normalized spacial score (nSPS) is 19.2. The fourth-order valence-electron chi connectivity index (χ4n) is 3.92. The van der Waals surface area contributed by atoms with Gasteiger partial charge in [-0.15, -0.1) is 0 Å². The number of hydrogen-bond donors (Lipinski definition) is 2. The third-order valence-electron chi connectivity index (χ3n) is 5.58. The van der Waals surface area contributed by atoms with Crippen LogP contribution in [0.5, 0.6) is 0 Å². The molecule has 2 aliphatic rings. The van der Waals surface area contributed by atoms with Crippen LogP contribution in [0.1, 0.15) is 37.7 Å². The molecule has 0 atom stereocenters. The predicted octanol–water partition coefficient (Wildman–Crippen LogP) is 0.724. The molecule has 1 saturated heterocycles. The molecule has 1 aromatic carbocycles. The first-order valence-corrected chi connectivity index (χ1v) is 11.9. The molecule has 0 saturated carbocycles. The van der Waals surface area contributed by atoms with Gasteiger partial charge >= 0.3 is 0 Å². The van der Waals surface area contributed by atoms with Crippen molar-refractivity contribution >= 4 is 15.9 Å². The number of nitrogens with one attached hydrogen (secondary N) is 2. The first kappa shape index (κ1) is 21.0. The second kappa shape index (κ2) is 10.2. The van der Waals surface area contributed by atoms with Crippen molar-refractivity contribution in [1.82, 2.24) is 9.62 Å². The molecule has 0 unspecified atom stereocenters. The lowest BCUT2D eigenvalue weighted by molar-refractivity contribution is -0.895. The molecule has 1 amide bonds. The van der Waals surface area contributed by atoms with Crippen LogP contribution in [0.25, 0.3) is 0 Å². The lowest BCUT2D eigenvalue weighted by atomic mass is 9.97. The van der Waals surface area contributed by atoms with E-state index in [4.69, 9.17) is 0 Å². The molecule has 0 bridgehead atoms. The monoisotopic (exact) mass is 406 g/mol. The third-order valence-corrected chi connectivity index (χ3v) is 7.43. The van der Waals surface area contributed by atoms with E-state index in [1.54, 1.807) is 4.31 Å². The number of allylic oxidation sites excluding steroid dienone is 1. The van der Waals surface area contributed by atoms with Crippen LogP contribution in [-0.2, 0) is 20.6 Å². The summed E-state index contributed by atoms with van der Waals surface area (Å²) in [6.07, 6.45) is 8.15. The molecule has 3 rings (SSSR count). The van der Waals surface area contributed by atoms with Crippen molar-refractivity contribution in [1.29, 1.82) is 0 Å². The Hall–Kier alpha value is -1.70. The van der Waals surface area contributed by atoms with Gasteiger partial charge in [0.15, 0.2) is 6.54 Å². The van der Waals surface area contributed by atoms with Gasteiger partial charge in [0.05, 0.1) is 31.9 Å². The summed E-state index contributed by atoms with van der Waals surface area (Å²) in [6, 6.07) is 9.28. The zero-order valence-corrected chi connectivity index (χ0v) is 17.3. The summed E-state index contributed by atoms with van der Waals surface area (Å²) >= 11 is 0. The van der Waals surface area contributed by atoms with Crippen LogP contribution in [-0.4, -0.2) is 57.9 Å². The minimum atomic E-state index is -3.30. The Bertz CT molecular complexity index is 769. The average Bonchev–Trinajstić information content (AvgIpc) is 2.70. The number of hydrogen-bond acceptors (Lipinski definition) is 3. The summed E-state index contributed by atoms with van der Waals surface area (Å²) in [6.45, 7) is 3.43. The molecule has 1 aliphatic heterocycles. The van der Waals surface area contributed by atoms with Gasteiger partial charge in [-0.25, -0.2) is 8.42 Å². The SMILES string of the molecule is O=C(C[NH+]1CCN(S(=O)(=O)Cc2ccccc2)CC1)NCCC1=CCCCC1. The van der Waals surface area contributed by atoms with Gasteiger partial charge in [-0.3, -0.25) is 4.79 Å². The molecule has 7 heteroatoms. The smallest absolute Gasteiger partial charge is 0.275 e. The zero-order valence-electron chi connectivity index (χ0n) is 16.5. The van der Waals surface area contributed by atoms with Gasteiger partial charge < -0.3 is 10.2 Å². The summed E-state index contributed by atoms with van der Waals surface area (Å²) in [5.74, 6) is 0.103. The average molecular weight is 407 g/mol. The molecular weight excluding hydrogens is 374 g/mol. The van der Waals surface area contributed by atoms with Crippen LogP contribution in [0, 0.1) is 0 Å². The number of quaternary nitrogens is 1. The van der Waals surface area contributed by atoms with Crippen molar-refractivity contribution in [3.8, 4) is 0 Å². The number of rotatable bonds is 8. The van der Waals surface area contributed by atoms with E-state index in [0.29, 0.717) is 39.3 Å². The quantitative estimate of drug-likeness (QED) is 0.625. The highest BCUT2D eigenvalue weighted by Crippen LogP contribution is 2.19. The maximum Gasteiger partial charge on any atom is 0.275 e. The van der Waals surface area contributed by atoms with Gasteiger partial charge in [0, 0.05) is 6.54 Å². The predicted molar refractivity (Wildman–Crippen MR) is 110 cm³/mol. The lowest BCUT2D eigenvalue weighted by Crippen LogP contribution is -3.15. The molecule has 154 valence electrons. The largest absolute Gasteiger partial charge is 0.351 e. The van der Waals surface area contributed by atoms with Gasteiger partial charge in [0.1, 0.15) is 0 Å². The summed E-state index contributed by atoms with van der Waals surface area (Å²) in [5, 5.41) is 3.02. The van der Waals surface area contributed by atoms with Crippen molar-refractivity contribution in [2.45, 2.75) is 37.9 Å². The van der Waals surface area contributed by atoms with Crippen molar-refractivity contribution in [2.24, 2.45) is 0 Å². The fraction of sp³-hybridized carbons (Fsp3) is 0.571. The number of piperazine rings is 1. The number of amides is 1. The van der Waals surface area contributed by atoms with Crippen LogP contribution in [0.2, 0.25) is 0 Å². The Kier molecular flexibility index (Phi) is 7.65. The van der Waals surface area contributed by atoms with Crippen molar-refractivity contribution in [3.63, 3.8) is 0 Å². The van der Waals surface area contributed by atoms with E-state index in [-0.39, 0.29) is 11.7 Å². The van der Waals surface area contributed by atoms with Crippen LogP contribution in [0.15, 0.2) is 42.0 Å². The van der Waals surface area contributed by atoms with E-state index in [1.807, 2.05) is 30.3 Å². The Balaban J connectivity index is 1.37. The standard InChI is InChI=1S/C21H31N3O3S/c25-21(22-12-11-19-7-3-1-4-8-19)17-23-13-15-24(16-14-23)28(26,27)18-20-9-5-2-6-10-20/h2,5-7,9-10H,1,3-4,8,11-18H2,(H,22,25)/p+1. The Morgan fingerprint density at radius 2 is 1.86 bits per heavy atom. The van der Waals surface area contributed by atoms with Gasteiger partial charge in [-0.2, -0.15) is 4.31 Å². The van der Waals surface area contributed by atoms with Crippen LogP contribution >= 0.6 is 0 Å². The highest BCUT2D eigenvalue weighted by molar-refractivity contribution is 7.88. The number of sulfonamides is 1. The van der Waals surface area contributed by atoms with E-state index in [2.05, 4.69) is 11.4 Å². The van der Waals surface area contributed by atoms with Crippen molar-refractivity contribution < 1.29 is 18.1 Å². The molecule has 1 aliphatic carbocycles. The molecule has 1 aromatic rings. The highest BCUT2D eigenvalue weighted by atomic mass is 32.2. The van der Waals surface area contributed by atoms with Crippen LogP contribution < -0.4 is 10.2 Å². The maximum absolute atomic E-state index is 12.6. The molecule has 2 N–H and O–H groups in total. The molecular formula is C21H32N3O3S+. The van der Waals surface area contributed by atoms with Crippen LogP contribution in [0.3, 0.4) is 0 Å². The molecule has 6 nitrogen and oxygen atoms in total. The number of nitrogens with zero attached hydrogens (tertiary/aromatic N) is 1. The molecule has 28 heavy (non-hydrogen) atoms. The molecule has 0 aromatic heterocycles. The third kappa shape index (κ3) is 6.43. The Labute approximate surface area is 168 Å². The molecule has 1 heterocycles. The summed E-state index contributed by atoms with van der Waals surface area (Å²) in [4.78, 5) is 13.3. The summed E-state index contributed by atoms with van der Waals surface area (Å²) in [7, 11) is -3.30. The molecule has 0 spiro atoms. The second-order valence-electron chi connectivity index (χ2n) is 7.78. The minimum absolute atomic E-state index is 0.0412. The van der Waals surface area contributed by atoms with Crippen molar-refractivity contribution in [2.75, 3.05) is 39.3 Å². The first-order valence-electron chi connectivity index (χ1n) is 10.3. The van der Waals surface area contributed by atoms with Gasteiger partial charge in [0.25, 0.3) is 5.91 Å². The number of carbonyl (C=O) groups is 1.